The summed E-state index contributed by atoms with van der Waals surface area (Å²) in [7, 11) is 0. The summed E-state index contributed by atoms with van der Waals surface area (Å²) >= 11 is 0. The van der Waals surface area contributed by atoms with Crippen molar-refractivity contribution in [1.82, 2.24) is 10.6 Å². The largest absolute Gasteiger partial charge is 0.350 e. The zero-order chi connectivity index (χ0) is 22.1. The first-order valence-corrected chi connectivity index (χ1v) is 11.2. The molecule has 31 heavy (non-hydrogen) atoms. The zero-order valence-electron chi connectivity index (χ0n) is 18.5. The Hall–Kier alpha value is -3.06. The summed E-state index contributed by atoms with van der Waals surface area (Å²) in [5, 5.41) is 6.04. The van der Waals surface area contributed by atoms with E-state index in [4.69, 9.17) is 0 Å². The van der Waals surface area contributed by atoms with Crippen LogP contribution in [0.15, 0.2) is 48.5 Å². The first-order chi connectivity index (χ1) is 15.0. The van der Waals surface area contributed by atoms with Gasteiger partial charge in [-0.25, -0.2) is 0 Å². The van der Waals surface area contributed by atoms with E-state index in [1.54, 1.807) is 6.92 Å². The zero-order valence-corrected chi connectivity index (χ0v) is 18.5. The van der Waals surface area contributed by atoms with Gasteiger partial charge in [0.1, 0.15) is 0 Å². The molecule has 2 aromatic rings. The molecule has 3 rings (SSSR count). The molecule has 0 bridgehead atoms. The second-order valence-corrected chi connectivity index (χ2v) is 8.37. The minimum absolute atomic E-state index is 0.0659. The Morgan fingerprint density at radius 1 is 1.13 bits per heavy atom. The minimum atomic E-state index is -0.288. The molecule has 1 aliphatic carbocycles. The van der Waals surface area contributed by atoms with Crippen LogP contribution in [-0.4, -0.2) is 18.4 Å². The Labute approximate surface area is 185 Å². The van der Waals surface area contributed by atoms with Crippen LogP contribution in [-0.2, 0) is 11.2 Å². The van der Waals surface area contributed by atoms with Crippen molar-refractivity contribution in [2.75, 3.05) is 6.54 Å². The van der Waals surface area contributed by atoms with E-state index in [1.807, 2.05) is 43.3 Å². The summed E-state index contributed by atoms with van der Waals surface area (Å²) in [5.41, 5.74) is 4.03. The van der Waals surface area contributed by atoms with Crippen molar-refractivity contribution in [3.8, 4) is 11.8 Å². The smallest absolute Gasteiger partial charge is 0.251 e. The highest BCUT2D eigenvalue weighted by atomic mass is 16.2. The summed E-state index contributed by atoms with van der Waals surface area (Å²) < 4.78 is 0. The molecule has 2 amide bonds. The fraction of sp³-hybridized carbons (Fsp3) is 0.407. The van der Waals surface area contributed by atoms with Crippen molar-refractivity contribution in [3.63, 3.8) is 0 Å². The highest BCUT2D eigenvalue weighted by Gasteiger charge is 2.19. The van der Waals surface area contributed by atoms with Gasteiger partial charge in [-0.05, 0) is 49.4 Å². The maximum absolute atomic E-state index is 12.7. The summed E-state index contributed by atoms with van der Waals surface area (Å²) in [6.45, 7) is 4.11. The summed E-state index contributed by atoms with van der Waals surface area (Å²) in [5.74, 6) is 6.34. The highest BCUT2D eigenvalue weighted by molar-refractivity contribution is 5.94. The van der Waals surface area contributed by atoms with Crippen molar-refractivity contribution < 1.29 is 9.59 Å². The molecule has 4 nitrogen and oxygen atoms in total. The lowest BCUT2D eigenvalue weighted by Gasteiger charge is -2.25. The molecule has 0 heterocycles. The molecule has 2 aromatic carbocycles. The Balaban J connectivity index is 1.60. The summed E-state index contributed by atoms with van der Waals surface area (Å²) in [6.07, 6.45) is 5.96. The maximum Gasteiger partial charge on any atom is 0.251 e. The van der Waals surface area contributed by atoms with Gasteiger partial charge < -0.3 is 10.6 Å². The monoisotopic (exact) mass is 416 g/mol. The van der Waals surface area contributed by atoms with E-state index in [0.29, 0.717) is 24.9 Å². The average Bonchev–Trinajstić information content (AvgIpc) is 2.74. The molecule has 0 aromatic heterocycles. The van der Waals surface area contributed by atoms with Crippen molar-refractivity contribution in [2.45, 2.75) is 58.4 Å². The fourth-order valence-corrected chi connectivity index (χ4v) is 3.83. The quantitative estimate of drug-likeness (QED) is 0.581. The van der Waals surface area contributed by atoms with E-state index >= 15 is 0 Å². The number of amides is 2. The van der Waals surface area contributed by atoms with Crippen LogP contribution < -0.4 is 10.6 Å². The van der Waals surface area contributed by atoms with Crippen LogP contribution in [0, 0.1) is 24.7 Å². The number of aryl methyl sites for hydroxylation is 1. The topological polar surface area (TPSA) is 58.2 Å². The van der Waals surface area contributed by atoms with Crippen molar-refractivity contribution in [1.29, 1.82) is 0 Å². The van der Waals surface area contributed by atoms with Gasteiger partial charge in [-0.3, -0.25) is 9.59 Å². The van der Waals surface area contributed by atoms with Crippen LogP contribution in [0.3, 0.4) is 0 Å². The molecule has 1 fully saturated rings. The number of nitrogens with one attached hydrogen (secondary N) is 2. The molecule has 1 atom stereocenters. The number of hydrogen-bond donors (Lipinski definition) is 2. The Kier molecular flexibility index (Phi) is 8.29. The normalized spacial score (nSPS) is 14.0. The number of rotatable bonds is 9. The van der Waals surface area contributed by atoms with E-state index < -0.39 is 0 Å². The summed E-state index contributed by atoms with van der Waals surface area (Å²) in [6, 6.07) is 15.6. The molecule has 1 aliphatic rings. The summed E-state index contributed by atoms with van der Waals surface area (Å²) in [4.78, 5) is 25.1. The molecular formula is C27H32N2O2. The average molecular weight is 417 g/mol. The third kappa shape index (κ3) is 7.00. The van der Waals surface area contributed by atoms with Crippen LogP contribution >= 0.6 is 0 Å². The number of carbonyl (C=O) groups excluding carboxylic acids is 2. The van der Waals surface area contributed by atoms with Gasteiger partial charge in [0.25, 0.3) is 5.91 Å². The standard InChI is InChI=1S/C27H32N2O2/c1-3-4-5-12-26(30)29-25(24-11-6-8-20(2)17-24)19-28-27(31)23-15-13-22(14-16-23)18-21-9-7-10-21/h6,8,11,13-17,21,25H,5,7,9-10,12,18-19H2,1-2H3,(H,28,31)(H,29,30). The molecule has 1 saturated carbocycles. The van der Waals surface area contributed by atoms with E-state index in [0.717, 1.165) is 23.5 Å². The number of benzene rings is 2. The lowest BCUT2D eigenvalue weighted by Crippen LogP contribution is -2.37. The third-order valence-electron chi connectivity index (χ3n) is 5.87. The van der Waals surface area contributed by atoms with Gasteiger partial charge >= 0.3 is 0 Å². The Morgan fingerprint density at radius 3 is 2.55 bits per heavy atom. The van der Waals surface area contributed by atoms with E-state index in [1.165, 1.54) is 24.8 Å². The van der Waals surface area contributed by atoms with Crippen LogP contribution in [0.4, 0.5) is 0 Å². The SMILES string of the molecule is CC#CCCC(=O)NC(CNC(=O)c1ccc(CC2CCC2)cc1)c1cccc(C)c1. The van der Waals surface area contributed by atoms with Gasteiger partial charge in [0.05, 0.1) is 6.04 Å². The highest BCUT2D eigenvalue weighted by Crippen LogP contribution is 2.29. The third-order valence-corrected chi connectivity index (χ3v) is 5.87. The fourth-order valence-electron chi connectivity index (χ4n) is 3.83. The number of hydrogen-bond acceptors (Lipinski definition) is 2. The van der Waals surface area contributed by atoms with Crippen molar-refractivity contribution in [3.05, 3.63) is 70.8 Å². The van der Waals surface area contributed by atoms with Gasteiger partial charge in [0.15, 0.2) is 0 Å². The lowest BCUT2D eigenvalue weighted by molar-refractivity contribution is -0.121. The van der Waals surface area contributed by atoms with Crippen molar-refractivity contribution in [2.24, 2.45) is 5.92 Å². The first-order valence-electron chi connectivity index (χ1n) is 11.2. The molecule has 1 unspecified atom stereocenters. The second-order valence-electron chi connectivity index (χ2n) is 8.37. The van der Waals surface area contributed by atoms with Gasteiger partial charge in [0, 0.05) is 24.9 Å². The minimum Gasteiger partial charge on any atom is -0.350 e. The van der Waals surface area contributed by atoms with E-state index in [2.05, 4.69) is 34.6 Å². The molecule has 0 radical (unpaired) electrons. The van der Waals surface area contributed by atoms with Crippen molar-refractivity contribution >= 4 is 11.8 Å². The van der Waals surface area contributed by atoms with Crippen LogP contribution in [0.25, 0.3) is 0 Å². The van der Waals surface area contributed by atoms with Crippen LogP contribution in [0.2, 0.25) is 0 Å². The molecule has 0 spiro atoms. The Bertz CT molecular complexity index is 949. The van der Waals surface area contributed by atoms with Gasteiger partial charge in [-0.15, -0.1) is 11.8 Å². The molecule has 0 saturated heterocycles. The van der Waals surface area contributed by atoms with Gasteiger partial charge in [-0.1, -0.05) is 61.2 Å². The predicted molar refractivity (Wildman–Crippen MR) is 125 cm³/mol. The maximum atomic E-state index is 12.7. The Morgan fingerprint density at radius 2 is 1.90 bits per heavy atom. The second kappa shape index (κ2) is 11.4. The predicted octanol–water partition coefficient (Wildman–Crippen LogP) is 4.73. The molecular weight excluding hydrogens is 384 g/mol. The van der Waals surface area contributed by atoms with Gasteiger partial charge in [0.2, 0.25) is 5.91 Å². The van der Waals surface area contributed by atoms with Crippen LogP contribution in [0.5, 0.6) is 0 Å². The van der Waals surface area contributed by atoms with Crippen LogP contribution in [0.1, 0.15) is 72.1 Å². The van der Waals surface area contributed by atoms with Gasteiger partial charge in [-0.2, -0.15) is 0 Å². The number of carbonyl (C=O) groups is 2. The van der Waals surface area contributed by atoms with E-state index in [-0.39, 0.29) is 17.9 Å². The first kappa shape index (κ1) is 22.6. The van der Waals surface area contributed by atoms with E-state index in [9.17, 15) is 9.59 Å². The molecule has 2 N–H and O–H groups in total. The molecule has 162 valence electrons. The molecule has 0 aliphatic heterocycles. The molecule has 4 heteroatoms. The lowest BCUT2D eigenvalue weighted by atomic mass is 9.81.